The van der Waals surface area contributed by atoms with E-state index < -0.39 is 5.54 Å². The lowest BCUT2D eigenvalue weighted by Gasteiger charge is -2.23. The van der Waals surface area contributed by atoms with Gasteiger partial charge in [0.05, 0.1) is 11.1 Å². The zero-order chi connectivity index (χ0) is 17.0. The van der Waals surface area contributed by atoms with E-state index in [1.165, 1.54) is 5.39 Å². The van der Waals surface area contributed by atoms with Crippen LogP contribution in [0.15, 0.2) is 30.5 Å². The maximum atomic E-state index is 12.3. The van der Waals surface area contributed by atoms with E-state index >= 15 is 0 Å². The normalized spacial score (nSPS) is 13.0. The molecule has 0 spiro atoms. The fourth-order valence-corrected chi connectivity index (χ4v) is 2.67. The summed E-state index contributed by atoms with van der Waals surface area (Å²) in [4.78, 5) is 14.5. The average Bonchev–Trinajstić information content (AvgIpc) is 2.87. The monoisotopic (exact) mass is 388 g/mol. The minimum atomic E-state index is -0.837. The Bertz CT molecular complexity index is 683. The lowest BCUT2D eigenvalue weighted by molar-refractivity contribution is -0.120. The minimum Gasteiger partial charge on any atom is -0.346 e. The molecule has 142 valence electrons. The van der Waals surface area contributed by atoms with Crippen molar-refractivity contribution in [1.29, 1.82) is 0 Å². The number of likely N-dealkylation sites (N-methyl/N-ethyl adjacent to an activating group) is 1. The molecule has 25 heavy (non-hydrogen) atoms. The van der Waals surface area contributed by atoms with Crippen molar-refractivity contribution < 1.29 is 4.79 Å². The molecule has 2 rings (SSSR count). The molecule has 1 aromatic carbocycles. The number of nitrogens with two attached hydrogens (primary N) is 1. The van der Waals surface area contributed by atoms with E-state index in [1.54, 1.807) is 6.92 Å². The lowest BCUT2D eigenvalue weighted by atomic mass is 9.96. The molecule has 3 N–H and O–H groups in total. The van der Waals surface area contributed by atoms with Crippen molar-refractivity contribution in [2.45, 2.75) is 38.8 Å². The Balaban J connectivity index is 0.00000288. The van der Waals surface area contributed by atoms with E-state index in [9.17, 15) is 4.79 Å². The van der Waals surface area contributed by atoms with E-state index in [1.807, 2.05) is 25.1 Å². The smallest absolute Gasteiger partial charge is 0.244 e. The van der Waals surface area contributed by atoms with Crippen LogP contribution in [0.5, 0.6) is 0 Å². The summed E-state index contributed by atoms with van der Waals surface area (Å²) in [7, 11) is 4.13. The van der Waals surface area contributed by atoms with E-state index in [4.69, 9.17) is 5.73 Å². The van der Waals surface area contributed by atoms with E-state index in [0.29, 0.717) is 6.42 Å². The maximum absolute atomic E-state index is 12.3. The minimum absolute atomic E-state index is 0. The van der Waals surface area contributed by atoms with Crippen LogP contribution in [0.3, 0.4) is 0 Å². The molecule has 0 aliphatic rings. The molecule has 0 fully saturated rings. The highest BCUT2D eigenvalue weighted by Crippen LogP contribution is 2.22. The Kier molecular flexibility index (Phi) is 9.51. The molecule has 1 unspecified atom stereocenters. The second kappa shape index (κ2) is 10.0. The molecule has 0 bridgehead atoms. The van der Waals surface area contributed by atoms with Gasteiger partial charge in [-0.3, -0.25) is 4.79 Å². The van der Waals surface area contributed by atoms with E-state index in [2.05, 4.69) is 41.1 Å². The predicted molar refractivity (Wildman–Crippen MR) is 111 cm³/mol. The Morgan fingerprint density at radius 1 is 1.28 bits per heavy atom. The molecule has 0 saturated heterocycles. The molecule has 7 heteroatoms. The van der Waals surface area contributed by atoms with Crippen LogP contribution in [0.2, 0.25) is 0 Å². The number of hydrogen-bond donors (Lipinski definition) is 2. The first-order valence-corrected chi connectivity index (χ1v) is 8.17. The van der Waals surface area contributed by atoms with Gasteiger partial charge in [-0.2, -0.15) is 0 Å². The third-order valence-electron chi connectivity index (χ3n) is 4.11. The third-order valence-corrected chi connectivity index (χ3v) is 4.11. The van der Waals surface area contributed by atoms with Gasteiger partial charge in [-0.15, -0.1) is 24.8 Å². The number of carbonyl (C=O) groups excluding carboxylic acids is 1. The summed E-state index contributed by atoms with van der Waals surface area (Å²) in [5.74, 6) is -0.134. The maximum Gasteiger partial charge on any atom is 0.244 e. The number of halogens is 2. The van der Waals surface area contributed by atoms with E-state index in [0.717, 1.165) is 30.7 Å². The van der Waals surface area contributed by atoms with Gasteiger partial charge >= 0.3 is 0 Å². The molecule has 0 aliphatic heterocycles. The highest BCUT2D eigenvalue weighted by Gasteiger charge is 2.27. The van der Waals surface area contributed by atoms with Crippen molar-refractivity contribution in [2.24, 2.45) is 5.73 Å². The Hall–Kier alpha value is -1.27. The second-order valence-electron chi connectivity index (χ2n) is 6.71. The highest BCUT2D eigenvalue weighted by molar-refractivity contribution is 5.99. The number of nitrogens with one attached hydrogen (secondary N) is 1. The van der Waals surface area contributed by atoms with Gasteiger partial charge in [0.1, 0.15) is 0 Å². The number of rotatable bonds is 7. The summed E-state index contributed by atoms with van der Waals surface area (Å²) >= 11 is 0. The van der Waals surface area contributed by atoms with Gasteiger partial charge in [-0.1, -0.05) is 19.4 Å². The van der Waals surface area contributed by atoms with Crippen LogP contribution in [0.4, 0.5) is 5.69 Å². The van der Waals surface area contributed by atoms with Gasteiger partial charge in [0.25, 0.3) is 0 Å². The molecule has 0 saturated carbocycles. The van der Waals surface area contributed by atoms with Crippen LogP contribution in [0, 0.1) is 0 Å². The summed E-state index contributed by atoms with van der Waals surface area (Å²) in [6.45, 7) is 5.70. The third kappa shape index (κ3) is 6.19. The summed E-state index contributed by atoms with van der Waals surface area (Å²) < 4.78 is 2.21. The zero-order valence-corrected chi connectivity index (χ0v) is 17.0. The van der Waals surface area contributed by atoms with Gasteiger partial charge in [-0.05, 0) is 51.0 Å². The number of amides is 1. The number of fused-ring (bicyclic) bond motifs is 1. The number of benzene rings is 1. The molecule has 1 heterocycles. The standard InChI is InChI=1S/C18H28N4O.2ClH/c1-5-9-18(2,19)17(23)20-15-7-6-14-8-10-22(16(14)13-15)12-11-21(3)4;;/h6-8,10,13H,5,9,11-12,19H2,1-4H3,(H,20,23);2*1H. The summed E-state index contributed by atoms with van der Waals surface area (Å²) in [5.41, 5.74) is 7.18. The van der Waals surface area contributed by atoms with Crippen LogP contribution >= 0.6 is 24.8 Å². The Morgan fingerprint density at radius 2 is 1.96 bits per heavy atom. The number of carbonyl (C=O) groups is 1. The first kappa shape index (κ1) is 23.7. The van der Waals surface area contributed by atoms with Gasteiger partial charge in [-0.25, -0.2) is 0 Å². The van der Waals surface area contributed by atoms with Crippen molar-refractivity contribution >= 4 is 47.3 Å². The van der Waals surface area contributed by atoms with Crippen LogP contribution in [-0.2, 0) is 11.3 Å². The van der Waals surface area contributed by atoms with Crippen molar-refractivity contribution in [2.75, 3.05) is 26.0 Å². The fraction of sp³-hybridized carbons (Fsp3) is 0.500. The fourth-order valence-electron chi connectivity index (χ4n) is 2.67. The van der Waals surface area contributed by atoms with E-state index in [-0.39, 0.29) is 30.7 Å². The van der Waals surface area contributed by atoms with Crippen LogP contribution in [0.25, 0.3) is 10.9 Å². The zero-order valence-electron chi connectivity index (χ0n) is 15.4. The van der Waals surface area contributed by atoms with Crippen molar-refractivity contribution in [3.05, 3.63) is 30.5 Å². The van der Waals surface area contributed by atoms with Gasteiger partial charge in [0.2, 0.25) is 5.91 Å². The first-order chi connectivity index (χ1) is 10.8. The van der Waals surface area contributed by atoms with Crippen LogP contribution in [-0.4, -0.2) is 41.6 Å². The average molecular weight is 389 g/mol. The molecule has 0 aliphatic carbocycles. The lowest BCUT2D eigenvalue weighted by Crippen LogP contribution is -2.48. The number of nitrogens with zero attached hydrogens (tertiary/aromatic N) is 2. The Labute approximate surface area is 162 Å². The van der Waals surface area contributed by atoms with Crippen molar-refractivity contribution in [3.63, 3.8) is 0 Å². The first-order valence-electron chi connectivity index (χ1n) is 8.17. The van der Waals surface area contributed by atoms with Gasteiger partial charge < -0.3 is 20.5 Å². The van der Waals surface area contributed by atoms with Crippen molar-refractivity contribution in [1.82, 2.24) is 9.47 Å². The van der Waals surface area contributed by atoms with Crippen LogP contribution < -0.4 is 11.1 Å². The molecule has 1 atom stereocenters. The Morgan fingerprint density at radius 3 is 2.56 bits per heavy atom. The second-order valence-corrected chi connectivity index (χ2v) is 6.71. The molecule has 1 aromatic heterocycles. The molecule has 5 nitrogen and oxygen atoms in total. The number of aromatic nitrogens is 1. The molecular weight excluding hydrogens is 359 g/mol. The largest absolute Gasteiger partial charge is 0.346 e. The summed E-state index contributed by atoms with van der Waals surface area (Å²) in [5, 5.41) is 4.13. The number of anilines is 1. The van der Waals surface area contributed by atoms with Crippen molar-refractivity contribution in [3.8, 4) is 0 Å². The van der Waals surface area contributed by atoms with Crippen LogP contribution in [0.1, 0.15) is 26.7 Å². The topological polar surface area (TPSA) is 63.3 Å². The summed E-state index contributed by atoms with van der Waals surface area (Å²) in [6, 6.07) is 8.08. The summed E-state index contributed by atoms with van der Waals surface area (Å²) in [6.07, 6.45) is 3.64. The quantitative estimate of drug-likeness (QED) is 0.762. The molecule has 2 aromatic rings. The number of hydrogen-bond acceptors (Lipinski definition) is 3. The highest BCUT2D eigenvalue weighted by atomic mass is 35.5. The molecule has 1 amide bonds. The molecular formula is C18H30Cl2N4O. The predicted octanol–water partition coefficient (Wildman–Crippen LogP) is 3.50. The molecule has 0 radical (unpaired) electrons. The van der Waals surface area contributed by atoms with Gasteiger partial charge in [0.15, 0.2) is 0 Å². The van der Waals surface area contributed by atoms with Gasteiger partial charge in [0, 0.05) is 25.0 Å². The SMILES string of the molecule is CCCC(C)(N)C(=O)Nc1ccc2ccn(CCN(C)C)c2c1.Cl.Cl.